The van der Waals surface area contributed by atoms with Gasteiger partial charge in [0.1, 0.15) is 0 Å². The maximum absolute atomic E-state index is 11.7. The van der Waals surface area contributed by atoms with E-state index in [1.807, 2.05) is 0 Å². The van der Waals surface area contributed by atoms with Crippen LogP contribution in [0.2, 0.25) is 0 Å². The van der Waals surface area contributed by atoms with Gasteiger partial charge >= 0.3 is 0 Å². The van der Waals surface area contributed by atoms with Crippen molar-refractivity contribution >= 4 is 21.7 Å². The van der Waals surface area contributed by atoms with Crippen LogP contribution in [0.5, 0.6) is 0 Å². The Hall–Kier alpha value is -0.610. The van der Waals surface area contributed by atoms with Gasteiger partial charge in [-0.1, -0.05) is 0 Å². The molecule has 4 heteroatoms. The van der Waals surface area contributed by atoms with Gasteiger partial charge in [0, 0.05) is 13.0 Å². The zero-order valence-corrected chi connectivity index (χ0v) is 10.7. The molecule has 0 radical (unpaired) electrons. The molecule has 1 aliphatic heterocycles. The Labute approximate surface area is 103 Å². The quantitative estimate of drug-likeness (QED) is 0.777. The third-order valence-corrected chi connectivity index (χ3v) is 3.23. The third-order valence-electron chi connectivity index (χ3n) is 2.80. The van der Waals surface area contributed by atoms with E-state index in [0.29, 0.717) is 23.0 Å². The molecule has 0 spiro atoms. The largest absolute Gasteiger partial charge is 0.446 e. The average molecular weight is 287 g/mol. The van der Waals surface area contributed by atoms with Crippen molar-refractivity contribution in [3.05, 3.63) is 22.6 Å². The minimum Gasteiger partial charge on any atom is -0.446 e. The van der Waals surface area contributed by atoms with Gasteiger partial charge in [0.2, 0.25) is 0 Å². The lowest BCUT2D eigenvalue weighted by Gasteiger charge is -2.07. The van der Waals surface area contributed by atoms with Crippen LogP contribution in [0.1, 0.15) is 42.7 Å². The minimum absolute atomic E-state index is 0.0729. The lowest BCUT2D eigenvalue weighted by atomic mass is 10.1. The summed E-state index contributed by atoms with van der Waals surface area (Å²) in [5, 5.41) is 0. The Morgan fingerprint density at radius 3 is 3.00 bits per heavy atom. The first kappa shape index (κ1) is 11.9. The van der Waals surface area contributed by atoms with Crippen LogP contribution < -0.4 is 0 Å². The smallest absolute Gasteiger partial charge is 0.198 e. The van der Waals surface area contributed by atoms with Gasteiger partial charge in [-0.15, -0.1) is 0 Å². The molecule has 16 heavy (non-hydrogen) atoms. The second-order valence-corrected chi connectivity index (χ2v) is 4.84. The summed E-state index contributed by atoms with van der Waals surface area (Å²) in [5.41, 5.74) is 0. The normalized spacial score (nSPS) is 20.2. The zero-order valence-electron chi connectivity index (χ0n) is 9.08. The van der Waals surface area contributed by atoms with E-state index in [9.17, 15) is 4.79 Å². The molecular formula is C12H15BrO3. The molecule has 1 atom stereocenters. The number of hydrogen-bond donors (Lipinski definition) is 0. The molecule has 1 fully saturated rings. The fourth-order valence-corrected chi connectivity index (χ4v) is 2.26. The fraction of sp³-hybridized carbons (Fsp3) is 0.583. The van der Waals surface area contributed by atoms with Crippen LogP contribution >= 0.6 is 15.9 Å². The Morgan fingerprint density at radius 1 is 1.50 bits per heavy atom. The molecule has 0 bridgehead atoms. The first-order valence-corrected chi connectivity index (χ1v) is 6.45. The topological polar surface area (TPSA) is 39.4 Å². The van der Waals surface area contributed by atoms with E-state index in [0.717, 1.165) is 32.3 Å². The lowest BCUT2D eigenvalue weighted by molar-refractivity contribution is 0.0902. The molecule has 0 saturated carbocycles. The summed E-state index contributed by atoms with van der Waals surface area (Å²) in [6.45, 7) is 0.879. The molecule has 3 nitrogen and oxygen atoms in total. The van der Waals surface area contributed by atoms with E-state index in [2.05, 4.69) is 15.9 Å². The van der Waals surface area contributed by atoms with Crippen molar-refractivity contribution in [3.63, 3.8) is 0 Å². The number of carbonyl (C=O) groups is 1. The molecule has 2 rings (SSSR count). The van der Waals surface area contributed by atoms with E-state index in [-0.39, 0.29) is 5.78 Å². The Kier molecular flexibility index (Phi) is 4.18. The Bertz CT molecular complexity index is 353. The highest BCUT2D eigenvalue weighted by Crippen LogP contribution is 2.20. The fourth-order valence-electron chi connectivity index (χ4n) is 1.95. The summed E-state index contributed by atoms with van der Waals surface area (Å²) < 4.78 is 11.3. The van der Waals surface area contributed by atoms with E-state index in [4.69, 9.17) is 9.15 Å². The molecule has 0 N–H and O–H groups in total. The molecule has 1 saturated heterocycles. The first-order chi connectivity index (χ1) is 7.75. The second kappa shape index (κ2) is 5.64. The van der Waals surface area contributed by atoms with E-state index < -0.39 is 0 Å². The predicted octanol–water partition coefficient (Wildman–Crippen LogP) is 3.57. The SMILES string of the molecule is O=C(CCCC1CCCO1)c1ccc(Br)o1. The van der Waals surface area contributed by atoms with E-state index in [1.54, 1.807) is 12.1 Å². The molecule has 0 amide bonds. The van der Waals surface area contributed by atoms with Crippen LogP contribution in [0.4, 0.5) is 0 Å². The highest BCUT2D eigenvalue weighted by Gasteiger charge is 2.16. The van der Waals surface area contributed by atoms with Crippen LogP contribution in [0.3, 0.4) is 0 Å². The number of halogens is 1. The van der Waals surface area contributed by atoms with E-state index in [1.165, 1.54) is 0 Å². The van der Waals surface area contributed by atoms with Gasteiger partial charge in [0.15, 0.2) is 16.2 Å². The van der Waals surface area contributed by atoms with Gasteiger partial charge in [0.05, 0.1) is 6.10 Å². The zero-order chi connectivity index (χ0) is 11.4. The highest BCUT2D eigenvalue weighted by atomic mass is 79.9. The van der Waals surface area contributed by atoms with E-state index >= 15 is 0 Å². The van der Waals surface area contributed by atoms with Gasteiger partial charge < -0.3 is 9.15 Å². The number of ether oxygens (including phenoxy) is 1. The maximum Gasteiger partial charge on any atom is 0.198 e. The summed E-state index contributed by atoms with van der Waals surface area (Å²) in [6.07, 6.45) is 5.07. The van der Waals surface area contributed by atoms with Crippen molar-refractivity contribution in [2.45, 2.75) is 38.2 Å². The number of furan rings is 1. The van der Waals surface area contributed by atoms with Gasteiger partial charge in [0.25, 0.3) is 0 Å². The monoisotopic (exact) mass is 286 g/mol. The Balaban J connectivity index is 1.71. The standard InChI is InChI=1S/C12H15BrO3/c13-12-7-6-11(16-12)10(14)5-1-3-9-4-2-8-15-9/h6-7,9H,1-5,8H2. The van der Waals surface area contributed by atoms with Crippen molar-refractivity contribution in [2.24, 2.45) is 0 Å². The molecule has 0 aromatic carbocycles. The number of Topliss-reactive ketones (excluding diaryl/α,β-unsaturated/α-hetero) is 1. The van der Waals surface area contributed by atoms with Gasteiger partial charge in [-0.2, -0.15) is 0 Å². The number of ketones is 1. The molecule has 88 valence electrons. The van der Waals surface area contributed by atoms with Gasteiger partial charge in [-0.25, -0.2) is 0 Å². The first-order valence-electron chi connectivity index (χ1n) is 5.66. The molecule has 1 unspecified atom stereocenters. The maximum atomic E-state index is 11.7. The van der Waals surface area contributed by atoms with Crippen molar-refractivity contribution in [1.82, 2.24) is 0 Å². The van der Waals surface area contributed by atoms with Crippen molar-refractivity contribution in [1.29, 1.82) is 0 Å². The van der Waals surface area contributed by atoms with Crippen LogP contribution in [0.15, 0.2) is 21.2 Å². The molecule has 1 aromatic rings. The summed E-state index contributed by atoms with van der Waals surface area (Å²) in [6, 6.07) is 3.45. The van der Waals surface area contributed by atoms with Crippen LogP contribution in [-0.4, -0.2) is 18.5 Å². The summed E-state index contributed by atoms with van der Waals surface area (Å²) in [4.78, 5) is 11.7. The van der Waals surface area contributed by atoms with Gasteiger partial charge in [-0.3, -0.25) is 4.79 Å². The number of rotatable bonds is 5. The van der Waals surface area contributed by atoms with Crippen LogP contribution in [0.25, 0.3) is 0 Å². The molecule has 0 aliphatic carbocycles. The second-order valence-electron chi connectivity index (χ2n) is 4.05. The molecule has 1 aromatic heterocycles. The average Bonchev–Trinajstić information content (AvgIpc) is 2.89. The van der Waals surface area contributed by atoms with Crippen LogP contribution in [0, 0.1) is 0 Å². The van der Waals surface area contributed by atoms with Crippen molar-refractivity contribution in [3.8, 4) is 0 Å². The molecular weight excluding hydrogens is 272 g/mol. The van der Waals surface area contributed by atoms with Gasteiger partial charge in [-0.05, 0) is 53.7 Å². The van der Waals surface area contributed by atoms with Crippen molar-refractivity contribution < 1.29 is 13.9 Å². The highest BCUT2D eigenvalue weighted by molar-refractivity contribution is 9.10. The number of hydrogen-bond acceptors (Lipinski definition) is 3. The summed E-state index contributed by atoms with van der Waals surface area (Å²) in [5.74, 6) is 0.517. The number of carbonyl (C=O) groups excluding carboxylic acids is 1. The molecule has 2 heterocycles. The summed E-state index contributed by atoms with van der Waals surface area (Å²) in [7, 11) is 0. The predicted molar refractivity (Wildman–Crippen MR) is 63.6 cm³/mol. The molecule has 1 aliphatic rings. The van der Waals surface area contributed by atoms with Crippen LogP contribution in [-0.2, 0) is 4.74 Å². The van der Waals surface area contributed by atoms with Crippen molar-refractivity contribution in [2.75, 3.05) is 6.61 Å². The Morgan fingerprint density at radius 2 is 2.38 bits per heavy atom. The lowest BCUT2D eigenvalue weighted by Crippen LogP contribution is -2.06. The minimum atomic E-state index is 0.0729. The third kappa shape index (κ3) is 3.19. The summed E-state index contributed by atoms with van der Waals surface area (Å²) >= 11 is 3.18.